The van der Waals surface area contributed by atoms with E-state index in [0.29, 0.717) is 30.0 Å². The third-order valence-corrected chi connectivity index (χ3v) is 8.82. The van der Waals surface area contributed by atoms with Gasteiger partial charge in [-0.1, -0.05) is 42.8 Å². The van der Waals surface area contributed by atoms with Crippen LogP contribution in [0, 0.1) is 17.8 Å². The van der Waals surface area contributed by atoms with Crippen LogP contribution in [0.15, 0.2) is 49.6 Å². The number of benzene rings is 1. The first kappa shape index (κ1) is 28.3. The fourth-order valence-corrected chi connectivity index (χ4v) is 6.86. The average molecular weight is 545 g/mol. The molecule has 3 aliphatic heterocycles. The largest absolute Gasteiger partial charge is 0.465 e. The van der Waals surface area contributed by atoms with E-state index in [0.717, 1.165) is 0 Å². The van der Waals surface area contributed by atoms with Crippen LogP contribution >= 0.6 is 11.6 Å². The first-order chi connectivity index (χ1) is 18.1. The maximum Gasteiger partial charge on any atom is 0.312 e. The number of amides is 2. The van der Waals surface area contributed by atoms with Crippen LogP contribution in [0.25, 0.3) is 0 Å². The second-order valence-electron chi connectivity index (χ2n) is 10.8. The minimum atomic E-state index is -1.25. The van der Waals surface area contributed by atoms with Gasteiger partial charge in [-0.3, -0.25) is 14.4 Å². The molecule has 0 saturated carbocycles. The molecule has 4 rings (SSSR count). The summed E-state index contributed by atoms with van der Waals surface area (Å²) in [5.41, 5.74) is -1.75. The van der Waals surface area contributed by atoms with E-state index >= 15 is 0 Å². The van der Waals surface area contributed by atoms with E-state index < -0.39 is 47.0 Å². The molecule has 38 heavy (non-hydrogen) atoms. The van der Waals surface area contributed by atoms with Crippen molar-refractivity contribution in [2.24, 2.45) is 17.8 Å². The number of hydrogen-bond acceptors (Lipinski definition) is 6. The molecule has 7 atom stereocenters. The Morgan fingerprint density at radius 2 is 2.05 bits per heavy atom. The number of nitrogens with zero attached hydrogens (tertiary/aromatic N) is 2. The third kappa shape index (κ3) is 4.27. The number of ether oxygens (including phenoxy) is 2. The molecule has 3 aliphatic rings. The van der Waals surface area contributed by atoms with Gasteiger partial charge in [-0.15, -0.1) is 13.2 Å². The molecule has 8 nitrogen and oxygen atoms in total. The summed E-state index contributed by atoms with van der Waals surface area (Å²) in [5, 5.41) is 10.5. The van der Waals surface area contributed by atoms with Crippen LogP contribution in [0.2, 0.25) is 5.02 Å². The van der Waals surface area contributed by atoms with E-state index in [1.54, 1.807) is 43.3 Å². The number of halogens is 1. The summed E-state index contributed by atoms with van der Waals surface area (Å²) in [6, 6.07) is 5.22. The standard InChI is InChI=1S/C29H37ClN2O6/c1-6-8-11-15-37-27(36)23-22-25(34)32(19(4)17-33)24(29(22)16-18(3)28(23,5)38-29)26(35)31(14-7-2)21-13-10-9-12-20(21)30/h6-7,9-10,12-13,18-19,22-24,33H,1-2,8,11,14-17H2,3-5H3/t18?,19-,22+,23-,24?,28+,29?/m1/s1. The topological polar surface area (TPSA) is 96.4 Å². The van der Waals surface area contributed by atoms with Crippen molar-refractivity contribution in [2.45, 2.75) is 63.3 Å². The quantitative estimate of drug-likeness (QED) is 0.259. The van der Waals surface area contributed by atoms with E-state index in [9.17, 15) is 19.5 Å². The number of para-hydroxylation sites is 1. The van der Waals surface area contributed by atoms with Gasteiger partial charge in [0, 0.05) is 6.54 Å². The lowest BCUT2D eigenvalue weighted by Crippen LogP contribution is -2.58. The summed E-state index contributed by atoms with van der Waals surface area (Å²) >= 11 is 6.48. The molecule has 1 aromatic carbocycles. The van der Waals surface area contributed by atoms with Crippen molar-refractivity contribution in [3.63, 3.8) is 0 Å². The zero-order valence-electron chi connectivity index (χ0n) is 22.3. The number of allylic oxidation sites excluding steroid dienone is 1. The zero-order valence-corrected chi connectivity index (χ0v) is 23.0. The van der Waals surface area contributed by atoms with Crippen molar-refractivity contribution in [1.29, 1.82) is 0 Å². The van der Waals surface area contributed by atoms with Crippen LogP contribution < -0.4 is 4.90 Å². The molecule has 0 aliphatic carbocycles. The van der Waals surface area contributed by atoms with Crippen molar-refractivity contribution in [3.05, 3.63) is 54.6 Å². The van der Waals surface area contributed by atoms with Crippen LogP contribution in [-0.4, -0.2) is 70.8 Å². The molecule has 2 bridgehead atoms. The lowest BCUT2D eigenvalue weighted by molar-refractivity contribution is -0.162. The Balaban J connectivity index is 1.79. The van der Waals surface area contributed by atoms with Gasteiger partial charge in [0.2, 0.25) is 5.91 Å². The SMILES string of the molecule is C=CCCCOC(=O)[C@H]1[C@H]2C(=O)N([C@H](C)CO)C(C(=O)N(CC=C)c3ccccc3Cl)C23CC(C)[C@]1(C)O3. The normalized spacial score (nSPS) is 32.1. The molecule has 1 N–H and O–H groups in total. The number of fused-ring (bicyclic) bond motifs is 1. The molecule has 9 heteroatoms. The summed E-state index contributed by atoms with van der Waals surface area (Å²) in [5.74, 6) is -3.18. The number of likely N-dealkylation sites (tertiary alicyclic amines) is 1. The summed E-state index contributed by atoms with van der Waals surface area (Å²) < 4.78 is 12.3. The minimum absolute atomic E-state index is 0.120. The van der Waals surface area contributed by atoms with Crippen molar-refractivity contribution < 1.29 is 29.0 Å². The summed E-state index contributed by atoms with van der Waals surface area (Å²) in [4.78, 5) is 45.0. The number of esters is 1. The van der Waals surface area contributed by atoms with E-state index in [-0.39, 0.29) is 31.6 Å². The maximum absolute atomic E-state index is 14.5. The number of hydrogen-bond donors (Lipinski definition) is 1. The Labute approximate surface area is 229 Å². The number of anilines is 1. The highest BCUT2D eigenvalue weighted by Gasteiger charge is 2.80. The molecular formula is C29H37ClN2O6. The fraction of sp³-hybridized carbons (Fsp3) is 0.552. The number of carbonyl (C=O) groups excluding carboxylic acids is 3. The van der Waals surface area contributed by atoms with Crippen LogP contribution in [0.4, 0.5) is 5.69 Å². The molecule has 3 saturated heterocycles. The van der Waals surface area contributed by atoms with Crippen LogP contribution in [0.1, 0.15) is 40.0 Å². The highest BCUT2D eigenvalue weighted by molar-refractivity contribution is 6.34. The number of rotatable bonds is 11. The number of unbranched alkanes of at least 4 members (excludes halogenated alkanes) is 1. The molecule has 206 valence electrons. The van der Waals surface area contributed by atoms with Gasteiger partial charge in [-0.2, -0.15) is 0 Å². The highest BCUT2D eigenvalue weighted by Crippen LogP contribution is 2.65. The molecular weight excluding hydrogens is 508 g/mol. The first-order valence-corrected chi connectivity index (χ1v) is 13.5. The molecule has 1 spiro atoms. The molecule has 0 radical (unpaired) electrons. The van der Waals surface area contributed by atoms with Gasteiger partial charge in [0.15, 0.2) is 0 Å². The lowest BCUT2D eigenvalue weighted by atomic mass is 9.62. The van der Waals surface area contributed by atoms with Crippen molar-refractivity contribution >= 4 is 35.1 Å². The first-order valence-electron chi connectivity index (χ1n) is 13.2. The predicted molar refractivity (Wildman–Crippen MR) is 145 cm³/mol. The molecule has 0 aromatic heterocycles. The summed E-state index contributed by atoms with van der Waals surface area (Å²) in [6.45, 7) is 13.0. The predicted octanol–water partition coefficient (Wildman–Crippen LogP) is 3.76. The van der Waals surface area contributed by atoms with E-state index in [1.807, 2.05) is 13.8 Å². The maximum atomic E-state index is 14.5. The van der Waals surface area contributed by atoms with Crippen LogP contribution in [-0.2, 0) is 23.9 Å². The van der Waals surface area contributed by atoms with Crippen LogP contribution in [0.3, 0.4) is 0 Å². The highest BCUT2D eigenvalue weighted by atomic mass is 35.5. The Bertz CT molecular complexity index is 1130. The summed E-state index contributed by atoms with van der Waals surface area (Å²) in [6.07, 6.45) is 5.09. The minimum Gasteiger partial charge on any atom is -0.465 e. The van der Waals surface area contributed by atoms with Gasteiger partial charge in [0.05, 0.1) is 41.5 Å². The molecule has 3 heterocycles. The average Bonchev–Trinajstić information content (AvgIpc) is 3.41. The lowest BCUT2D eigenvalue weighted by Gasteiger charge is -2.38. The Hall–Kier alpha value is -2.68. The van der Waals surface area contributed by atoms with Crippen molar-refractivity contribution in [3.8, 4) is 0 Å². The van der Waals surface area contributed by atoms with Gasteiger partial charge < -0.3 is 24.4 Å². The third-order valence-electron chi connectivity index (χ3n) is 8.50. The smallest absolute Gasteiger partial charge is 0.312 e. The van der Waals surface area contributed by atoms with Crippen molar-refractivity contribution in [2.75, 3.05) is 24.7 Å². The van der Waals surface area contributed by atoms with Crippen LogP contribution in [0.5, 0.6) is 0 Å². The van der Waals surface area contributed by atoms with Crippen molar-refractivity contribution in [1.82, 2.24) is 4.90 Å². The Kier molecular flexibility index (Phi) is 8.07. The number of carbonyl (C=O) groups is 3. The zero-order chi connectivity index (χ0) is 27.8. The molecule has 3 unspecified atom stereocenters. The van der Waals surface area contributed by atoms with E-state index in [1.165, 1.54) is 9.80 Å². The number of aliphatic hydroxyl groups is 1. The van der Waals surface area contributed by atoms with Gasteiger partial charge in [0.25, 0.3) is 5.91 Å². The van der Waals surface area contributed by atoms with Gasteiger partial charge in [-0.25, -0.2) is 0 Å². The summed E-state index contributed by atoms with van der Waals surface area (Å²) in [7, 11) is 0. The molecule has 2 amide bonds. The monoisotopic (exact) mass is 544 g/mol. The fourth-order valence-electron chi connectivity index (χ4n) is 6.62. The van der Waals surface area contributed by atoms with E-state index in [2.05, 4.69) is 13.2 Å². The number of aliphatic hydroxyl groups excluding tert-OH is 1. The van der Waals surface area contributed by atoms with Gasteiger partial charge in [0.1, 0.15) is 17.6 Å². The van der Waals surface area contributed by atoms with E-state index in [4.69, 9.17) is 21.1 Å². The second kappa shape index (κ2) is 10.8. The Morgan fingerprint density at radius 3 is 2.68 bits per heavy atom. The Morgan fingerprint density at radius 1 is 1.34 bits per heavy atom. The second-order valence-corrected chi connectivity index (χ2v) is 11.2. The van der Waals surface area contributed by atoms with Gasteiger partial charge in [-0.05, 0) is 51.2 Å². The van der Waals surface area contributed by atoms with Gasteiger partial charge >= 0.3 is 5.97 Å². The molecule has 1 aromatic rings. The molecule has 3 fully saturated rings.